The van der Waals surface area contributed by atoms with Gasteiger partial charge in [0.05, 0.1) is 6.61 Å². The van der Waals surface area contributed by atoms with Crippen LogP contribution in [0.4, 0.5) is 4.79 Å². The van der Waals surface area contributed by atoms with Gasteiger partial charge < -0.3 is 30.1 Å². The molecule has 0 saturated heterocycles. The van der Waals surface area contributed by atoms with Crippen LogP contribution in [0.1, 0.15) is 85.0 Å². The molecule has 0 spiro atoms. The fraction of sp³-hybridized carbons (Fsp3) is 0.529. The van der Waals surface area contributed by atoms with Crippen LogP contribution in [0.3, 0.4) is 0 Å². The summed E-state index contributed by atoms with van der Waals surface area (Å²) >= 11 is 0. The third-order valence-electron chi connectivity index (χ3n) is 6.32. The number of alkyl carbamates (subject to hydrolysis) is 1. The van der Waals surface area contributed by atoms with Crippen LogP contribution in [0.15, 0.2) is 54.6 Å². The van der Waals surface area contributed by atoms with Gasteiger partial charge in [-0.25, -0.2) is 9.59 Å². The summed E-state index contributed by atoms with van der Waals surface area (Å²) in [5, 5.41) is 15.5. The molecule has 0 saturated carbocycles. The minimum atomic E-state index is -1.41. The van der Waals surface area contributed by atoms with E-state index in [-0.39, 0.29) is 6.42 Å². The summed E-state index contributed by atoms with van der Waals surface area (Å²) in [5.41, 5.74) is -0.390. The predicted molar refractivity (Wildman–Crippen MR) is 169 cm³/mol. The SMILES string of the molecule is Cc1ccc(C(C(=O)NC(Cc2ccccc2)C(=O)OC(C)(C)C)N(C(=O)C(CO)NC(=O)OC(C)(C)C)C(C)(C)C)cc1. The number of nitrogens with one attached hydrogen (secondary N) is 2. The van der Waals surface area contributed by atoms with Gasteiger partial charge in [0, 0.05) is 12.0 Å². The maximum atomic E-state index is 14.3. The highest BCUT2D eigenvalue weighted by Gasteiger charge is 2.43. The van der Waals surface area contributed by atoms with Crippen molar-refractivity contribution >= 4 is 23.9 Å². The molecule has 0 aliphatic heterocycles. The quantitative estimate of drug-likeness (QED) is 0.334. The molecule has 10 nitrogen and oxygen atoms in total. The van der Waals surface area contributed by atoms with Crippen LogP contribution < -0.4 is 10.6 Å². The number of aliphatic hydroxyl groups is 1. The lowest BCUT2D eigenvalue weighted by Gasteiger charge is -2.43. The maximum absolute atomic E-state index is 14.3. The number of carbonyl (C=O) groups is 4. The number of amides is 3. The van der Waals surface area contributed by atoms with Gasteiger partial charge in [0.15, 0.2) is 0 Å². The van der Waals surface area contributed by atoms with Gasteiger partial charge >= 0.3 is 12.1 Å². The lowest BCUT2D eigenvalue weighted by Crippen LogP contribution is -2.60. The van der Waals surface area contributed by atoms with Crippen LogP contribution >= 0.6 is 0 Å². The predicted octanol–water partition coefficient (Wildman–Crippen LogP) is 4.62. The number of hydrogen-bond donors (Lipinski definition) is 3. The molecular formula is C34H49N3O7. The second-order valence-corrected chi connectivity index (χ2v) is 13.9. The summed E-state index contributed by atoms with van der Waals surface area (Å²) in [7, 11) is 0. The van der Waals surface area contributed by atoms with Crippen molar-refractivity contribution in [2.45, 2.75) is 111 Å². The molecule has 242 valence electrons. The van der Waals surface area contributed by atoms with Crippen molar-refractivity contribution in [1.82, 2.24) is 15.5 Å². The van der Waals surface area contributed by atoms with Crippen LogP contribution in [-0.2, 0) is 30.3 Å². The van der Waals surface area contributed by atoms with E-state index in [1.165, 1.54) is 4.90 Å². The number of aliphatic hydroxyl groups excluding tert-OH is 1. The second kappa shape index (κ2) is 14.7. The largest absolute Gasteiger partial charge is 0.458 e. The van der Waals surface area contributed by atoms with E-state index in [0.717, 1.165) is 11.1 Å². The Labute approximate surface area is 261 Å². The third kappa shape index (κ3) is 11.3. The Morgan fingerprint density at radius 1 is 0.773 bits per heavy atom. The molecule has 3 atom stereocenters. The van der Waals surface area contributed by atoms with Crippen LogP contribution in [0, 0.1) is 6.92 Å². The normalized spacial score (nSPS) is 14.1. The third-order valence-corrected chi connectivity index (χ3v) is 6.32. The van der Waals surface area contributed by atoms with Crippen LogP contribution in [0.25, 0.3) is 0 Å². The molecule has 44 heavy (non-hydrogen) atoms. The van der Waals surface area contributed by atoms with Gasteiger partial charge in [0.2, 0.25) is 11.8 Å². The Hall–Kier alpha value is -3.92. The number of esters is 1. The first-order chi connectivity index (χ1) is 20.2. The van der Waals surface area contributed by atoms with Crippen LogP contribution in [0.5, 0.6) is 0 Å². The molecule has 0 radical (unpaired) electrons. The van der Waals surface area contributed by atoms with Gasteiger partial charge in [-0.15, -0.1) is 0 Å². The Kier molecular flexibility index (Phi) is 12.1. The van der Waals surface area contributed by atoms with E-state index in [9.17, 15) is 24.3 Å². The Balaban J connectivity index is 2.59. The van der Waals surface area contributed by atoms with Crippen molar-refractivity contribution in [2.24, 2.45) is 0 Å². The monoisotopic (exact) mass is 611 g/mol. The van der Waals surface area contributed by atoms with E-state index in [2.05, 4.69) is 10.6 Å². The van der Waals surface area contributed by atoms with Gasteiger partial charge in [0.1, 0.15) is 29.3 Å². The number of rotatable bonds is 10. The minimum Gasteiger partial charge on any atom is -0.458 e. The maximum Gasteiger partial charge on any atom is 0.408 e. The number of benzene rings is 2. The average Bonchev–Trinajstić information content (AvgIpc) is 2.88. The van der Waals surface area contributed by atoms with Crippen molar-refractivity contribution in [3.8, 4) is 0 Å². The lowest BCUT2D eigenvalue weighted by atomic mass is 9.94. The number of carbonyl (C=O) groups excluding carboxylic acids is 4. The molecule has 2 aromatic carbocycles. The highest BCUT2D eigenvalue weighted by atomic mass is 16.6. The molecule has 3 unspecified atom stereocenters. The molecule has 0 aromatic heterocycles. The number of hydrogen-bond acceptors (Lipinski definition) is 7. The highest BCUT2D eigenvalue weighted by Crippen LogP contribution is 2.31. The van der Waals surface area contributed by atoms with Crippen molar-refractivity contribution in [3.63, 3.8) is 0 Å². The van der Waals surface area contributed by atoms with Gasteiger partial charge in [-0.3, -0.25) is 9.59 Å². The van der Waals surface area contributed by atoms with E-state index >= 15 is 0 Å². The van der Waals surface area contributed by atoms with Gasteiger partial charge in [0.25, 0.3) is 0 Å². The minimum absolute atomic E-state index is 0.158. The highest BCUT2D eigenvalue weighted by molar-refractivity contribution is 5.94. The lowest BCUT2D eigenvalue weighted by molar-refractivity contribution is -0.159. The Bertz CT molecular complexity index is 1270. The van der Waals surface area contributed by atoms with Gasteiger partial charge in [-0.1, -0.05) is 60.2 Å². The Morgan fingerprint density at radius 3 is 1.80 bits per heavy atom. The molecule has 0 bridgehead atoms. The summed E-state index contributed by atoms with van der Waals surface area (Å²) in [5.74, 6) is -1.95. The first-order valence-electron chi connectivity index (χ1n) is 14.8. The van der Waals surface area contributed by atoms with Crippen molar-refractivity contribution in [3.05, 3.63) is 71.3 Å². The van der Waals surface area contributed by atoms with E-state index < -0.39 is 65.4 Å². The van der Waals surface area contributed by atoms with E-state index in [4.69, 9.17) is 9.47 Å². The molecule has 0 heterocycles. The first-order valence-corrected chi connectivity index (χ1v) is 14.8. The van der Waals surface area contributed by atoms with Crippen LogP contribution in [0.2, 0.25) is 0 Å². The smallest absolute Gasteiger partial charge is 0.408 e. The standard InChI is InChI=1S/C34H49N3O7/c1-22-16-18-24(19-17-22)27(37(32(2,3)4)29(40)26(21-38)36-31(42)44-34(8,9)10)28(39)35-25(30(41)43-33(5,6)7)20-23-14-12-11-13-15-23/h11-19,25-27,38H,20-21H2,1-10H3,(H,35,39)(H,36,42). The summed E-state index contributed by atoms with van der Waals surface area (Å²) in [6.45, 7) is 16.7. The molecule has 0 aliphatic rings. The summed E-state index contributed by atoms with van der Waals surface area (Å²) in [4.78, 5) is 55.7. The molecule has 10 heteroatoms. The zero-order valence-electron chi connectivity index (χ0n) is 27.7. The van der Waals surface area contributed by atoms with Crippen molar-refractivity contribution < 1.29 is 33.8 Å². The molecule has 2 rings (SSSR count). The van der Waals surface area contributed by atoms with Crippen molar-refractivity contribution in [1.29, 1.82) is 0 Å². The molecular weight excluding hydrogens is 562 g/mol. The van der Waals surface area contributed by atoms with Gasteiger partial charge in [-0.2, -0.15) is 0 Å². The zero-order chi connectivity index (χ0) is 33.5. The first kappa shape index (κ1) is 36.3. The van der Waals surface area contributed by atoms with E-state index in [1.54, 1.807) is 74.4 Å². The summed E-state index contributed by atoms with van der Waals surface area (Å²) in [6.07, 6.45) is -0.728. The number of ether oxygens (including phenoxy) is 2. The van der Waals surface area contributed by atoms with E-state index in [0.29, 0.717) is 5.56 Å². The van der Waals surface area contributed by atoms with Crippen molar-refractivity contribution in [2.75, 3.05) is 6.61 Å². The Morgan fingerprint density at radius 2 is 1.32 bits per heavy atom. The molecule has 3 amide bonds. The fourth-order valence-electron chi connectivity index (χ4n) is 4.48. The van der Waals surface area contributed by atoms with Gasteiger partial charge in [-0.05, 0) is 80.4 Å². The summed E-state index contributed by atoms with van der Waals surface area (Å²) < 4.78 is 11.0. The summed E-state index contributed by atoms with van der Waals surface area (Å²) in [6, 6.07) is 12.6. The average molecular weight is 612 g/mol. The topological polar surface area (TPSA) is 134 Å². The number of aryl methyl sites for hydroxylation is 1. The second-order valence-electron chi connectivity index (χ2n) is 13.9. The number of nitrogens with zero attached hydrogens (tertiary/aromatic N) is 1. The molecule has 2 aromatic rings. The molecule has 0 fully saturated rings. The van der Waals surface area contributed by atoms with Crippen LogP contribution in [-0.4, -0.2) is 69.3 Å². The molecule has 0 aliphatic carbocycles. The van der Waals surface area contributed by atoms with E-state index in [1.807, 2.05) is 49.4 Å². The molecule has 3 N–H and O–H groups in total. The fourth-order valence-corrected chi connectivity index (χ4v) is 4.48. The zero-order valence-corrected chi connectivity index (χ0v) is 27.7.